The lowest BCUT2D eigenvalue weighted by molar-refractivity contribution is -0.136. The Hall–Kier alpha value is -1.04. The zero-order valence-electron chi connectivity index (χ0n) is 11.5. The second-order valence-corrected chi connectivity index (χ2v) is 7.24. The monoisotopic (exact) mass is 301 g/mol. The maximum atomic E-state index is 12.3. The van der Waals surface area contributed by atoms with Crippen LogP contribution in [-0.4, -0.2) is 28.6 Å². The lowest BCUT2D eigenvalue weighted by Gasteiger charge is -2.29. The summed E-state index contributed by atoms with van der Waals surface area (Å²) in [5.74, 6) is 4.60. The van der Waals surface area contributed by atoms with Gasteiger partial charge < -0.3 is 0 Å². The Morgan fingerprint density at radius 3 is 2.60 bits per heavy atom. The lowest BCUT2D eigenvalue weighted by Crippen LogP contribution is -2.60. The van der Waals surface area contributed by atoms with Gasteiger partial charge in [0.2, 0.25) is 0 Å². The minimum Gasteiger partial charge on any atom is -0.275 e. The highest BCUT2D eigenvalue weighted by Crippen LogP contribution is 2.39. The van der Waals surface area contributed by atoms with Gasteiger partial charge in [-0.05, 0) is 23.8 Å². The topological polar surface area (TPSA) is 119 Å². The second kappa shape index (κ2) is 6.16. The number of nitrogens with one attached hydrogen (secondary N) is 1. The van der Waals surface area contributed by atoms with Crippen LogP contribution in [0.1, 0.15) is 44.9 Å². The normalized spacial score (nSPS) is 29.2. The smallest absolute Gasteiger partial charge is 0.275 e. The van der Waals surface area contributed by atoms with Gasteiger partial charge in [-0.15, -0.1) is 5.09 Å². The summed E-state index contributed by atoms with van der Waals surface area (Å²) in [5, 5.41) is 1.88. The van der Waals surface area contributed by atoms with E-state index in [0.29, 0.717) is 13.0 Å². The summed E-state index contributed by atoms with van der Waals surface area (Å²) in [7, 11) is -2.35. The number of hydrogen-bond donors (Lipinski definition) is 3. The Morgan fingerprint density at radius 1 is 1.30 bits per heavy atom. The zero-order chi connectivity index (χ0) is 14.8. The summed E-state index contributed by atoms with van der Waals surface area (Å²) in [6.07, 6.45) is 5.64. The van der Waals surface area contributed by atoms with Crippen LogP contribution in [0.4, 0.5) is 0 Å². The third kappa shape index (κ3) is 3.00. The quantitative estimate of drug-likeness (QED) is 0.400. The maximum absolute atomic E-state index is 12.3. The predicted molar refractivity (Wildman–Crippen MR) is 74.4 cm³/mol. The number of nitrogens with zero attached hydrogens (tertiary/aromatic N) is 1. The standard InChI is InChI=1S/C12H21N4O3P/c13-12(7-4-8-16(14)11(12)18)20(19)15-10(17)9-5-2-1-3-6-9/h9H,1-8,13-14H2/p+1/t12-/m0/s1. The van der Waals surface area contributed by atoms with Crippen molar-refractivity contribution in [3.8, 4) is 0 Å². The maximum Gasteiger partial charge on any atom is 0.494 e. The van der Waals surface area contributed by atoms with Gasteiger partial charge in [0.15, 0.2) is 0 Å². The summed E-state index contributed by atoms with van der Waals surface area (Å²) >= 11 is 0. The van der Waals surface area contributed by atoms with Gasteiger partial charge in [-0.1, -0.05) is 19.3 Å². The molecule has 0 aromatic carbocycles. The van der Waals surface area contributed by atoms with Crippen LogP contribution in [0.2, 0.25) is 0 Å². The molecule has 2 aliphatic rings. The number of amides is 2. The van der Waals surface area contributed by atoms with Crippen molar-refractivity contribution in [2.45, 2.75) is 50.2 Å². The average molecular weight is 301 g/mol. The Morgan fingerprint density at radius 2 is 1.95 bits per heavy atom. The fourth-order valence-electron chi connectivity index (χ4n) is 2.82. The van der Waals surface area contributed by atoms with E-state index in [2.05, 4.69) is 5.09 Å². The molecule has 1 unspecified atom stereocenters. The molecule has 2 rings (SSSR count). The molecule has 1 aliphatic carbocycles. The molecule has 1 saturated carbocycles. The van der Waals surface area contributed by atoms with Crippen LogP contribution >= 0.6 is 7.95 Å². The minimum absolute atomic E-state index is 0.112. The van der Waals surface area contributed by atoms with E-state index in [1.807, 2.05) is 0 Å². The number of piperidine rings is 1. The van der Waals surface area contributed by atoms with E-state index in [1.54, 1.807) is 0 Å². The minimum atomic E-state index is -2.35. The van der Waals surface area contributed by atoms with Crippen LogP contribution in [-0.2, 0) is 14.2 Å². The molecule has 0 aromatic rings. The fourth-order valence-corrected chi connectivity index (χ4v) is 4.07. The molecule has 5 N–H and O–H groups in total. The molecule has 0 bridgehead atoms. The van der Waals surface area contributed by atoms with Gasteiger partial charge >= 0.3 is 19.1 Å². The number of rotatable bonds is 3. The van der Waals surface area contributed by atoms with Crippen molar-refractivity contribution in [2.75, 3.05) is 6.54 Å². The Kier molecular flexibility index (Phi) is 4.73. The average Bonchev–Trinajstić information content (AvgIpc) is 2.45. The highest BCUT2D eigenvalue weighted by molar-refractivity contribution is 7.46. The summed E-state index contributed by atoms with van der Waals surface area (Å²) in [6, 6.07) is 0. The predicted octanol–water partition coefficient (Wildman–Crippen LogP) is 0.576. The van der Waals surface area contributed by atoms with Crippen molar-refractivity contribution in [1.82, 2.24) is 10.1 Å². The van der Waals surface area contributed by atoms with Gasteiger partial charge in [0, 0.05) is 18.9 Å². The van der Waals surface area contributed by atoms with Crippen LogP contribution < -0.4 is 16.7 Å². The van der Waals surface area contributed by atoms with Crippen molar-refractivity contribution >= 4 is 19.8 Å². The number of hydrazine groups is 1. The molecule has 20 heavy (non-hydrogen) atoms. The number of hydrogen-bond acceptors (Lipinski definition) is 5. The Bertz CT molecular complexity index is 425. The third-order valence-electron chi connectivity index (χ3n) is 4.14. The first kappa shape index (κ1) is 15.4. The van der Waals surface area contributed by atoms with E-state index >= 15 is 0 Å². The first-order valence-corrected chi connectivity index (χ1v) is 8.34. The van der Waals surface area contributed by atoms with Crippen molar-refractivity contribution < 1.29 is 14.2 Å². The molecular formula is C12H22N4O3P+. The molecule has 0 spiro atoms. The van der Waals surface area contributed by atoms with Crippen LogP contribution in [0.25, 0.3) is 0 Å². The van der Waals surface area contributed by atoms with E-state index in [9.17, 15) is 14.2 Å². The van der Waals surface area contributed by atoms with Gasteiger partial charge in [-0.2, -0.15) is 0 Å². The van der Waals surface area contributed by atoms with Crippen LogP contribution in [0, 0.1) is 5.92 Å². The van der Waals surface area contributed by atoms with E-state index in [4.69, 9.17) is 11.6 Å². The van der Waals surface area contributed by atoms with Crippen LogP contribution in [0.5, 0.6) is 0 Å². The van der Waals surface area contributed by atoms with E-state index in [1.165, 1.54) is 0 Å². The summed E-state index contributed by atoms with van der Waals surface area (Å²) in [4.78, 5) is 24.1. The molecule has 0 radical (unpaired) electrons. The summed E-state index contributed by atoms with van der Waals surface area (Å²) in [5.41, 5.74) is 5.94. The van der Waals surface area contributed by atoms with Crippen LogP contribution in [0.3, 0.4) is 0 Å². The SMILES string of the molecule is NN1CCC[C@](N)([P+](=O)NC(=O)C2CCCCC2)C1=O. The molecule has 1 aliphatic heterocycles. The van der Waals surface area contributed by atoms with E-state index < -0.39 is 19.1 Å². The van der Waals surface area contributed by atoms with Crippen molar-refractivity contribution in [2.24, 2.45) is 17.5 Å². The highest BCUT2D eigenvalue weighted by atomic mass is 31.1. The second-order valence-electron chi connectivity index (χ2n) is 5.63. The first-order chi connectivity index (χ1) is 9.45. The molecular weight excluding hydrogens is 279 g/mol. The van der Waals surface area contributed by atoms with Gasteiger partial charge in [-0.3, -0.25) is 20.3 Å². The molecule has 1 heterocycles. The largest absolute Gasteiger partial charge is 0.494 e. The molecule has 7 nitrogen and oxygen atoms in total. The highest BCUT2D eigenvalue weighted by Gasteiger charge is 2.57. The van der Waals surface area contributed by atoms with E-state index in [-0.39, 0.29) is 18.2 Å². The third-order valence-corrected chi connectivity index (χ3v) is 5.70. The zero-order valence-corrected chi connectivity index (χ0v) is 12.4. The van der Waals surface area contributed by atoms with Crippen LogP contribution in [0.15, 0.2) is 0 Å². The van der Waals surface area contributed by atoms with Gasteiger partial charge in [0.1, 0.15) is 0 Å². The molecule has 2 atom stereocenters. The summed E-state index contributed by atoms with van der Waals surface area (Å²) in [6.45, 7) is 0.400. The molecule has 1 saturated heterocycles. The molecule has 2 amide bonds. The summed E-state index contributed by atoms with van der Waals surface area (Å²) < 4.78 is 12.3. The Balaban J connectivity index is 1.99. The molecule has 8 heteroatoms. The van der Waals surface area contributed by atoms with Gasteiger partial charge in [-0.25, -0.2) is 5.84 Å². The molecule has 112 valence electrons. The number of carbonyl (C=O) groups excluding carboxylic acids is 2. The fraction of sp³-hybridized carbons (Fsp3) is 0.833. The number of nitrogens with two attached hydrogens (primary N) is 2. The Labute approximate surface area is 119 Å². The van der Waals surface area contributed by atoms with Crippen molar-refractivity contribution in [1.29, 1.82) is 0 Å². The first-order valence-electron chi connectivity index (χ1n) is 7.08. The van der Waals surface area contributed by atoms with Crippen molar-refractivity contribution in [3.63, 3.8) is 0 Å². The van der Waals surface area contributed by atoms with E-state index in [0.717, 1.165) is 37.1 Å². The lowest BCUT2D eigenvalue weighted by atomic mass is 9.89. The van der Waals surface area contributed by atoms with Gasteiger partial charge in [0.05, 0.1) is 0 Å². The molecule has 0 aromatic heterocycles. The van der Waals surface area contributed by atoms with Crippen molar-refractivity contribution in [3.05, 3.63) is 0 Å². The van der Waals surface area contributed by atoms with Gasteiger partial charge in [0.25, 0.3) is 5.91 Å². The molecule has 2 fully saturated rings. The number of carbonyl (C=O) groups is 2.